The van der Waals surface area contributed by atoms with E-state index in [1.807, 2.05) is 6.07 Å². The summed E-state index contributed by atoms with van der Waals surface area (Å²) in [4.78, 5) is 27.0. The minimum atomic E-state index is -0.275. The lowest BCUT2D eigenvalue weighted by Gasteiger charge is -2.10. The van der Waals surface area contributed by atoms with Crippen LogP contribution in [0.1, 0.15) is 0 Å². The first-order chi connectivity index (χ1) is 10.7. The summed E-state index contributed by atoms with van der Waals surface area (Å²) in [6.45, 7) is 0.551. The van der Waals surface area contributed by atoms with Gasteiger partial charge in [0.25, 0.3) is 11.5 Å². The Balaban J connectivity index is 1.77. The van der Waals surface area contributed by atoms with E-state index in [1.54, 1.807) is 18.2 Å². The van der Waals surface area contributed by atoms with Crippen LogP contribution in [0.4, 0.5) is 0 Å². The second-order valence-corrected chi connectivity index (χ2v) is 4.40. The van der Waals surface area contributed by atoms with E-state index < -0.39 is 0 Å². The zero-order chi connectivity index (χ0) is 15.8. The number of hydrogen-bond donors (Lipinski definition) is 1. The van der Waals surface area contributed by atoms with Gasteiger partial charge in [0.05, 0.1) is 13.4 Å². The first kappa shape index (κ1) is 15.6. The molecule has 0 bridgehead atoms. The first-order valence-corrected chi connectivity index (χ1v) is 6.73. The normalized spacial score (nSPS) is 10.0. The van der Waals surface area contributed by atoms with Crippen molar-refractivity contribution in [2.24, 2.45) is 0 Å². The van der Waals surface area contributed by atoms with Gasteiger partial charge in [0.1, 0.15) is 0 Å². The van der Waals surface area contributed by atoms with Gasteiger partial charge in [0.15, 0.2) is 18.1 Å². The van der Waals surface area contributed by atoms with Crippen LogP contribution < -0.4 is 20.3 Å². The first-order valence-electron chi connectivity index (χ1n) is 6.73. The molecule has 0 radical (unpaired) electrons. The molecule has 2 rings (SSSR count). The van der Waals surface area contributed by atoms with Crippen LogP contribution in [-0.2, 0) is 11.3 Å². The molecular formula is C15H17N3O4. The van der Waals surface area contributed by atoms with Gasteiger partial charge in [-0.3, -0.25) is 14.2 Å². The highest BCUT2D eigenvalue weighted by molar-refractivity contribution is 5.77. The van der Waals surface area contributed by atoms with Crippen LogP contribution in [0.2, 0.25) is 0 Å². The quantitative estimate of drug-likeness (QED) is 0.803. The van der Waals surface area contributed by atoms with E-state index in [1.165, 1.54) is 30.3 Å². The lowest BCUT2D eigenvalue weighted by molar-refractivity contribution is -0.123. The average Bonchev–Trinajstić information content (AvgIpc) is 2.55. The van der Waals surface area contributed by atoms with Crippen LogP contribution in [0.5, 0.6) is 11.5 Å². The summed E-state index contributed by atoms with van der Waals surface area (Å²) in [6, 6.07) is 8.46. The van der Waals surface area contributed by atoms with E-state index in [0.717, 1.165) is 0 Å². The molecule has 1 amide bonds. The lowest BCUT2D eigenvalue weighted by atomic mass is 10.3. The van der Waals surface area contributed by atoms with Crippen molar-refractivity contribution in [2.75, 3.05) is 20.3 Å². The number of amides is 1. The van der Waals surface area contributed by atoms with Gasteiger partial charge in [0.2, 0.25) is 0 Å². The molecule has 0 atom stereocenters. The average molecular weight is 303 g/mol. The Kier molecular flexibility index (Phi) is 5.53. The predicted molar refractivity (Wildman–Crippen MR) is 80.0 cm³/mol. The van der Waals surface area contributed by atoms with Gasteiger partial charge >= 0.3 is 0 Å². The monoisotopic (exact) mass is 303 g/mol. The maximum Gasteiger partial charge on any atom is 0.258 e. The number of carbonyl (C=O) groups is 1. The van der Waals surface area contributed by atoms with Crippen molar-refractivity contribution >= 4 is 5.91 Å². The molecule has 0 aliphatic heterocycles. The lowest BCUT2D eigenvalue weighted by Crippen LogP contribution is -2.33. The molecule has 0 saturated heterocycles. The molecular weight excluding hydrogens is 286 g/mol. The van der Waals surface area contributed by atoms with Gasteiger partial charge in [-0.15, -0.1) is 0 Å². The molecule has 0 spiro atoms. The van der Waals surface area contributed by atoms with Gasteiger partial charge in [-0.25, -0.2) is 4.98 Å². The van der Waals surface area contributed by atoms with Crippen molar-refractivity contribution in [3.8, 4) is 11.5 Å². The number of aromatic nitrogens is 2. The third kappa shape index (κ3) is 4.34. The number of hydrogen-bond acceptors (Lipinski definition) is 5. The molecule has 1 N–H and O–H groups in total. The van der Waals surface area contributed by atoms with Crippen LogP contribution in [-0.4, -0.2) is 35.7 Å². The molecule has 2 aromatic rings. The van der Waals surface area contributed by atoms with Gasteiger partial charge in [-0.1, -0.05) is 12.1 Å². The molecule has 1 aromatic heterocycles. The smallest absolute Gasteiger partial charge is 0.258 e. The van der Waals surface area contributed by atoms with Gasteiger partial charge in [-0.2, -0.15) is 0 Å². The highest BCUT2D eigenvalue weighted by atomic mass is 16.5. The fraction of sp³-hybridized carbons (Fsp3) is 0.267. The number of nitrogens with zero attached hydrogens (tertiary/aromatic N) is 2. The maximum atomic E-state index is 11.7. The molecule has 7 heteroatoms. The topological polar surface area (TPSA) is 82.4 Å². The Morgan fingerprint density at radius 1 is 1.27 bits per heavy atom. The highest BCUT2D eigenvalue weighted by Gasteiger charge is 2.06. The van der Waals surface area contributed by atoms with Crippen molar-refractivity contribution in [3.63, 3.8) is 0 Å². The van der Waals surface area contributed by atoms with Crippen LogP contribution in [0.25, 0.3) is 0 Å². The standard InChI is InChI=1S/C15H17N3O4/c1-21-12-4-2-3-5-13(12)22-10-14(19)17-8-9-18-11-16-7-6-15(18)20/h2-7,11H,8-10H2,1H3,(H,17,19). The van der Waals surface area contributed by atoms with Crippen molar-refractivity contribution < 1.29 is 14.3 Å². The summed E-state index contributed by atoms with van der Waals surface area (Å²) >= 11 is 0. The third-order valence-electron chi connectivity index (χ3n) is 2.90. The van der Waals surface area contributed by atoms with Crippen LogP contribution in [0, 0.1) is 0 Å². The minimum absolute atomic E-state index is 0.123. The molecule has 116 valence electrons. The number of nitrogens with one attached hydrogen (secondary N) is 1. The molecule has 7 nitrogen and oxygen atoms in total. The molecule has 1 heterocycles. The Morgan fingerprint density at radius 2 is 2.05 bits per heavy atom. The van der Waals surface area contributed by atoms with Crippen LogP contribution >= 0.6 is 0 Å². The van der Waals surface area contributed by atoms with Crippen LogP contribution in [0.15, 0.2) is 47.7 Å². The number of methoxy groups -OCH3 is 1. The zero-order valence-electron chi connectivity index (χ0n) is 12.2. The second-order valence-electron chi connectivity index (χ2n) is 4.40. The molecule has 1 aromatic carbocycles. The molecule has 0 aliphatic carbocycles. The summed E-state index contributed by atoms with van der Waals surface area (Å²) in [6.07, 6.45) is 2.86. The summed E-state index contributed by atoms with van der Waals surface area (Å²) in [5, 5.41) is 2.67. The Hall–Kier alpha value is -2.83. The van der Waals surface area contributed by atoms with Crippen molar-refractivity contribution in [1.29, 1.82) is 0 Å². The number of benzene rings is 1. The largest absolute Gasteiger partial charge is 0.493 e. The molecule has 0 saturated carbocycles. The minimum Gasteiger partial charge on any atom is -0.493 e. The Labute approximate surface area is 127 Å². The Bertz CT molecular complexity index is 684. The fourth-order valence-electron chi connectivity index (χ4n) is 1.79. The number of carbonyl (C=O) groups excluding carboxylic acids is 1. The molecule has 22 heavy (non-hydrogen) atoms. The zero-order valence-corrected chi connectivity index (χ0v) is 12.2. The third-order valence-corrected chi connectivity index (χ3v) is 2.90. The molecule has 0 aliphatic rings. The molecule has 0 fully saturated rings. The Morgan fingerprint density at radius 3 is 2.77 bits per heavy atom. The number of para-hydroxylation sites is 2. The van der Waals surface area contributed by atoms with Gasteiger partial charge < -0.3 is 14.8 Å². The predicted octanol–water partition coefficient (Wildman–Crippen LogP) is 0.447. The van der Waals surface area contributed by atoms with Crippen molar-refractivity contribution in [2.45, 2.75) is 6.54 Å². The van der Waals surface area contributed by atoms with Gasteiger partial charge in [0, 0.05) is 25.4 Å². The van der Waals surface area contributed by atoms with E-state index in [-0.39, 0.29) is 18.1 Å². The van der Waals surface area contributed by atoms with E-state index in [2.05, 4.69) is 10.3 Å². The summed E-state index contributed by atoms with van der Waals surface area (Å²) in [5.41, 5.74) is -0.158. The molecule has 0 unspecified atom stereocenters. The highest BCUT2D eigenvalue weighted by Crippen LogP contribution is 2.25. The number of rotatable bonds is 7. The van der Waals surface area contributed by atoms with E-state index in [9.17, 15) is 9.59 Å². The summed E-state index contributed by atoms with van der Waals surface area (Å²) in [7, 11) is 1.54. The van der Waals surface area contributed by atoms with E-state index in [4.69, 9.17) is 9.47 Å². The SMILES string of the molecule is COc1ccccc1OCC(=O)NCCn1cnccc1=O. The van der Waals surface area contributed by atoms with E-state index in [0.29, 0.717) is 24.6 Å². The second kappa shape index (κ2) is 7.82. The van der Waals surface area contributed by atoms with E-state index >= 15 is 0 Å². The van der Waals surface area contributed by atoms with Crippen LogP contribution in [0.3, 0.4) is 0 Å². The maximum absolute atomic E-state index is 11.7. The van der Waals surface area contributed by atoms with Crippen molar-refractivity contribution in [1.82, 2.24) is 14.9 Å². The number of ether oxygens (including phenoxy) is 2. The fourth-order valence-corrected chi connectivity index (χ4v) is 1.79. The summed E-state index contributed by atoms with van der Waals surface area (Å²) in [5.74, 6) is 0.795. The summed E-state index contributed by atoms with van der Waals surface area (Å²) < 4.78 is 11.9. The van der Waals surface area contributed by atoms with Gasteiger partial charge in [-0.05, 0) is 12.1 Å². The van der Waals surface area contributed by atoms with Crippen molar-refractivity contribution in [3.05, 3.63) is 53.2 Å².